The highest BCUT2D eigenvalue weighted by Crippen LogP contribution is 2.14. The van der Waals surface area contributed by atoms with E-state index in [1.54, 1.807) is 7.11 Å². The van der Waals surface area contributed by atoms with Gasteiger partial charge in [0, 0.05) is 32.7 Å². The first-order valence-electron chi connectivity index (χ1n) is 6.97. The highest BCUT2D eigenvalue weighted by atomic mass is 16.5. The Labute approximate surface area is 119 Å². The molecule has 1 N–H and O–H groups in total. The average Bonchev–Trinajstić information content (AvgIpc) is 2.48. The van der Waals surface area contributed by atoms with Gasteiger partial charge in [-0.15, -0.1) is 0 Å². The van der Waals surface area contributed by atoms with Gasteiger partial charge in [0.2, 0.25) is 5.91 Å². The molecular weight excluding hydrogens is 256 g/mol. The molecule has 0 spiro atoms. The zero-order chi connectivity index (χ0) is 14.4. The third-order valence-corrected chi connectivity index (χ3v) is 3.63. The van der Waals surface area contributed by atoms with Crippen molar-refractivity contribution in [3.05, 3.63) is 29.8 Å². The van der Waals surface area contributed by atoms with Gasteiger partial charge in [0.05, 0.1) is 20.1 Å². The number of piperazine rings is 1. The minimum absolute atomic E-state index is 0.155. The summed E-state index contributed by atoms with van der Waals surface area (Å²) >= 11 is 0. The van der Waals surface area contributed by atoms with Crippen LogP contribution in [-0.4, -0.2) is 67.3 Å². The highest BCUT2D eigenvalue weighted by Gasteiger charge is 2.20. The lowest BCUT2D eigenvalue weighted by Crippen LogP contribution is -2.49. The maximum Gasteiger partial charge on any atom is 0.227 e. The molecule has 5 nitrogen and oxygen atoms in total. The first kappa shape index (κ1) is 14.8. The van der Waals surface area contributed by atoms with Crippen LogP contribution in [0.5, 0.6) is 5.75 Å². The van der Waals surface area contributed by atoms with Crippen molar-refractivity contribution < 1.29 is 14.6 Å². The SMILES string of the molecule is COc1cccc(CC(=O)N2CCN(CCO)CC2)c1. The zero-order valence-corrected chi connectivity index (χ0v) is 11.9. The molecule has 0 bridgehead atoms. The number of rotatable bonds is 5. The fraction of sp³-hybridized carbons (Fsp3) is 0.533. The van der Waals surface area contributed by atoms with E-state index in [1.807, 2.05) is 29.2 Å². The second-order valence-electron chi connectivity index (χ2n) is 4.97. The quantitative estimate of drug-likeness (QED) is 0.846. The van der Waals surface area contributed by atoms with E-state index in [4.69, 9.17) is 9.84 Å². The van der Waals surface area contributed by atoms with Crippen molar-refractivity contribution >= 4 is 5.91 Å². The van der Waals surface area contributed by atoms with Gasteiger partial charge >= 0.3 is 0 Å². The second-order valence-corrected chi connectivity index (χ2v) is 4.97. The largest absolute Gasteiger partial charge is 0.497 e. The molecule has 1 aliphatic rings. The Kier molecular flexibility index (Phi) is 5.38. The molecule has 0 radical (unpaired) electrons. The predicted octanol–water partition coefficient (Wildman–Crippen LogP) is 0.374. The van der Waals surface area contributed by atoms with E-state index in [1.165, 1.54) is 0 Å². The monoisotopic (exact) mass is 278 g/mol. The molecule has 1 saturated heterocycles. The van der Waals surface area contributed by atoms with Crippen molar-refractivity contribution in [3.8, 4) is 5.75 Å². The second kappa shape index (κ2) is 7.26. The lowest BCUT2D eigenvalue weighted by atomic mass is 10.1. The number of carbonyl (C=O) groups excluding carboxylic acids is 1. The molecule has 1 amide bonds. The van der Waals surface area contributed by atoms with Gasteiger partial charge in [-0.25, -0.2) is 0 Å². The number of carbonyl (C=O) groups is 1. The van der Waals surface area contributed by atoms with Crippen LogP contribution in [0.4, 0.5) is 0 Å². The van der Waals surface area contributed by atoms with Gasteiger partial charge in [-0.05, 0) is 17.7 Å². The van der Waals surface area contributed by atoms with Crippen molar-refractivity contribution in [2.24, 2.45) is 0 Å². The number of hydrogen-bond acceptors (Lipinski definition) is 4. The maximum atomic E-state index is 12.2. The molecule has 0 saturated carbocycles. The predicted molar refractivity (Wildman–Crippen MR) is 76.8 cm³/mol. The Bertz CT molecular complexity index is 442. The summed E-state index contributed by atoms with van der Waals surface area (Å²) in [5, 5.41) is 8.90. The molecule has 110 valence electrons. The summed E-state index contributed by atoms with van der Waals surface area (Å²) < 4.78 is 5.17. The number of β-amino-alcohol motifs (C(OH)–C–C–N with tert-alkyl or cyclic N) is 1. The normalized spacial score (nSPS) is 16.2. The van der Waals surface area contributed by atoms with Crippen LogP contribution in [0.25, 0.3) is 0 Å². The van der Waals surface area contributed by atoms with Crippen molar-refractivity contribution in [1.29, 1.82) is 0 Å². The molecule has 0 atom stereocenters. The van der Waals surface area contributed by atoms with E-state index in [0.29, 0.717) is 13.0 Å². The molecule has 5 heteroatoms. The Morgan fingerprint density at radius 1 is 1.30 bits per heavy atom. The summed E-state index contributed by atoms with van der Waals surface area (Å²) in [6.45, 7) is 4.02. The van der Waals surface area contributed by atoms with Gasteiger partial charge in [0.15, 0.2) is 0 Å². The van der Waals surface area contributed by atoms with Gasteiger partial charge < -0.3 is 14.7 Å². The fourth-order valence-electron chi connectivity index (χ4n) is 2.43. The van der Waals surface area contributed by atoms with Crippen LogP contribution in [0.15, 0.2) is 24.3 Å². The van der Waals surface area contributed by atoms with E-state index >= 15 is 0 Å². The topological polar surface area (TPSA) is 53.0 Å². The number of aliphatic hydroxyl groups is 1. The van der Waals surface area contributed by atoms with E-state index in [9.17, 15) is 4.79 Å². The molecule has 1 aromatic rings. The average molecular weight is 278 g/mol. The van der Waals surface area contributed by atoms with Crippen LogP contribution in [0.1, 0.15) is 5.56 Å². The van der Waals surface area contributed by atoms with Crippen LogP contribution >= 0.6 is 0 Å². The van der Waals surface area contributed by atoms with Crippen molar-refractivity contribution in [2.75, 3.05) is 46.4 Å². The fourth-order valence-corrected chi connectivity index (χ4v) is 2.43. The first-order chi connectivity index (χ1) is 9.72. The summed E-state index contributed by atoms with van der Waals surface area (Å²) in [6.07, 6.45) is 0.414. The molecule has 2 rings (SSSR count). The van der Waals surface area contributed by atoms with Crippen LogP contribution in [0, 0.1) is 0 Å². The number of aliphatic hydroxyl groups excluding tert-OH is 1. The summed E-state index contributed by atoms with van der Waals surface area (Å²) in [5.74, 6) is 0.935. The number of hydrogen-bond donors (Lipinski definition) is 1. The molecular formula is C15H22N2O3. The molecule has 1 aromatic carbocycles. The van der Waals surface area contributed by atoms with Gasteiger partial charge in [0.25, 0.3) is 0 Å². The third kappa shape index (κ3) is 3.95. The van der Waals surface area contributed by atoms with Crippen molar-refractivity contribution in [2.45, 2.75) is 6.42 Å². The number of nitrogens with zero attached hydrogens (tertiary/aromatic N) is 2. The Morgan fingerprint density at radius 2 is 2.05 bits per heavy atom. The minimum Gasteiger partial charge on any atom is -0.497 e. The summed E-state index contributed by atoms with van der Waals surface area (Å²) in [4.78, 5) is 16.3. The Balaban J connectivity index is 1.86. The molecule has 1 aliphatic heterocycles. The Morgan fingerprint density at radius 3 is 2.70 bits per heavy atom. The van der Waals surface area contributed by atoms with Crippen molar-refractivity contribution in [3.63, 3.8) is 0 Å². The standard InChI is InChI=1S/C15H22N2O3/c1-20-14-4-2-3-13(11-14)12-15(19)17-7-5-16(6-8-17)9-10-18/h2-4,11,18H,5-10,12H2,1H3. The summed E-state index contributed by atoms with van der Waals surface area (Å²) in [6, 6.07) is 7.63. The molecule has 0 aliphatic carbocycles. The molecule has 20 heavy (non-hydrogen) atoms. The van der Waals surface area contributed by atoms with Crippen LogP contribution in [0.2, 0.25) is 0 Å². The summed E-state index contributed by atoms with van der Waals surface area (Å²) in [5.41, 5.74) is 0.979. The minimum atomic E-state index is 0.155. The zero-order valence-electron chi connectivity index (χ0n) is 11.9. The number of ether oxygens (including phenoxy) is 1. The van der Waals surface area contributed by atoms with Gasteiger partial charge in [-0.1, -0.05) is 12.1 Å². The lowest BCUT2D eigenvalue weighted by Gasteiger charge is -2.34. The van der Waals surface area contributed by atoms with E-state index < -0.39 is 0 Å². The first-order valence-corrected chi connectivity index (χ1v) is 6.97. The van der Waals surface area contributed by atoms with Crippen LogP contribution < -0.4 is 4.74 Å². The Hall–Kier alpha value is -1.59. The van der Waals surface area contributed by atoms with Gasteiger partial charge in [-0.3, -0.25) is 9.69 Å². The number of benzene rings is 1. The molecule has 0 aromatic heterocycles. The summed E-state index contributed by atoms with van der Waals surface area (Å²) in [7, 11) is 1.63. The van der Waals surface area contributed by atoms with E-state index in [2.05, 4.69) is 4.90 Å². The third-order valence-electron chi connectivity index (χ3n) is 3.63. The van der Waals surface area contributed by atoms with E-state index in [0.717, 1.165) is 37.5 Å². The van der Waals surface area contributed by atoms with Gasteiger partial charge in [0.1, 0.15) is 5.75 Å². The molecule has 0 unspecified atom stereocenters. The maximum absolute atomic E-state index is 12.2. The van der Waals surface area contributed by atoms with Gasteiger partial charge in [-0.2, -0.15) is 0 Å². The van der Waals surface area contributed by atoms with Crippen LogP contribution in [0.3, 0.4) is 0 Å². The number of amides is 1. The highest BCUT2D eigenvalue weighted by molar-refractivity contribution is 5.79. The smallest absolute Gasteiger partial charge is 0.227 e. The molecule has 1 fully saturated rings. The lowest BCUT2D eigenvalue weighted by molar-refractivity contribution is -0.132. The van der Waals surface area contributed by atoms with E-state index in [-0.39, 0.29) is 12.5 Å². The van der Waals surface area contributed by atoms with Crippen LogP contribution in [-0.2, 0) is 11.2 Å². The molecule has 1 heterocycles. The number of methoxy groups -OCH3 is 1. The van der Waals surface area contributed by atoms with Crippen molar-refractivity contribution in [1.82, 2.24) is 9.80 Å².